The molecule has 0 spiro atoms. The number of hydrogen-bond donors (Lipinski definition) is 1. The number of hydrogen-bond acceptors (Lipinski definition) is 3. The number of piperazine rings is 1. The molecule has 2 aromatic carbocycles. The predicted molar refractivity (Wildman–Crippen MR) is 114 cm³/mol. The highest BCUT2D eigenvalue weighted by Crippen LogP contribution is 2.22. The first-order chi connectivity index (χ1) is 13.5. The second-order valence-corrected chi connectivity index (χ2v) is 7.47. The second kappa shape index (κ2) is 9.11. The lowest BCUT2D eigenvalue weighted by molar-refractivity contribution is -0.134. The summed E-state index contributed by atoms with van der Waals surface area (Å²) in [5.74, 6) is -0.388. The van der Waals surface area contributed by atoms with Gasteiger partial charge in [-0.1, -0.05) is 42.8 Å². The number of rotatable bonds is 5. The van der Waals surface area contributed by atoms with E-state index in [0.717, 1.165) is 42.0 Å². The number of amides is 2. The molecule has 1 aliphatic heterocycles. The third-order valence-electron chi connectivity index (χ3n) is 5.12. The first-order valence-corrected chi connectivity index (χ1v) is 10.0. The normalized spacial score (nSPS) is 14.1. The van der Waals surface area contributed by atoms with Gasteiger partial charge in [-0.25, -0.2) is 0 Å². The quantitative estimate of drug-likeness (QED) is 0.776. The lowest BCUT2D eigenvalue weighted by Gasteiger charge is -2.36. The summed E-state index contributed by atoms with van der Waals surface area (Å²) in [6.45, 7) is 6.67. The van der Waals surface area contributed by atoms with Gasteiger partial charge in [0.1, 0.15) is 6.42 Å². The Hall–Kier alpha value is -2.53. The van der Waals surface area contributed by atoms with Crippen molar-refractivity contribution < 1.29 is 9.59 Å². The van der Waals surface area contributed by atoms with Crippen molar-refractivity contribution >= 4 is 34.8 Å². The highest BCUT2D eigenvalue weighted by atomic mass is 35.5. The van der Waals surface area contributed by atoms with Crippen molar-refractivity contribution in [2.75, 3.05) is 36.4 Å². The number of halogens is 1. The van der Waals surface area contributed by atoms with Crippen molar-refractivity contribution in [2.45, 2.75) is 26.7 Å². The average Bonchev–Trinajstić information content (AvgIpc) is 2.69. The highest BCUT2D eigenvalue weighted by molar-refractivity contribution is 6.30. The lowest BCUT2D eigenvalue weighted by Crippen LogP contribution is -2.49. The number of carbonyl (C=O) groups is 2. The summed E-state index contributed by atoms with van der Waals surface area (Å²) in [5.41, 5.74) is 3.98. The zero-order valence-corrected chi connectivity index (χ0v) is 17.1. The fourth-order valence-electron chi connectivity index (χ4n) is 3.52. The molecule has 0 aliphatic carbocycles. The van der Waals surface area contributed by atoms with Crippen LogP contribution in [0.15, 0.2) is 42.5 Å². The van der Waals surface area contributed by atoms with Crippen LogP contribution in [0.2, 0.25) is 5.02 Å². The Morgan fingerprint density at radius 2 is 1.79 bits per heavy atom. The van der Waals surface area contributed by atoms with Crippen LogP contribution in [0.3, 0.4) is 0 Å². The van der Waals surface area contributed by atoms with Gasteiger partial charge in [0.05, 0.1) is 0 Å². The largest absolute Gasteiger partial charge is 0.368 e. The molecule has 1 saturated heterocycles. The van der Waals surface area contributed by atoms with Gasteiger partial charge >= 0.3 is 0 Å². The van der Waals surface area contributed by atoms with Crippen LogP contribution in [-0.2, 0) is 16.0 Å². The Morgan fingerprint density at radius 3 is 2.46 bits per heavy atom. The van der Waals surface area contributed by atoms with E-state index in [1.807, 2.05) is 49.4 Å². The minimum absolute atomic E-state index is 0.130. The molecular formula is C22H26ClN3O2. The summed E-state index contributed by atoms with van der Waals surface area (Å²) < 4.78 is 0. The molecule has 1 aliphatic rings. The smallest absolute Gasteiger partial charge is 0.233 e. The van der Waals surface area contributed by atoms with Crippen LogP contribution < -0.4 is 10.2 Å². The van der Waals surface area contributed by atoms with Crippen LogP contribution in [0.5, 0.6) is 0 Å². The zero-order chi connectivity index (χ0) is 20.1. The van der Waals surface area contributed by atoms with Gasteiger partial charge in [0, 0.05) is 42.6 Å². The number of carbonyl (C=O) groups excluding carboxylic acids is 2. The van der Waals surface area contributed by atoms with Crippen molar-refractivity contribution in [3.63, 3.8) is 0 Å². The standard InChI is InChI=1S/C22H26ClN3O2/c1-3-17-7-4-6-16(2)22(17)24-20(27)15-21(28)26-12-10-25(11-13-26)19-9-5-8-18(23)14-19/h4-9,14H,3,10-13,15H2,1-2H3,(H,24,27). The Morgan fingerprint density at radius 1 is 1.07 bits per heavy atom. The van der Waals surface area contributed by atoms with Gasteiger partial charge in [-0.05, 0) is 42.7 Å². The summed E-state index contributed by atoms with van der Waals surface area (Å²) in [4.78, 5) is 29.0. The molecule has 0 unspecified atom stereocenters. The molecule has 0 saturated carbocycles. The summed E-state index contributed by atoms with van der Waals surface area (Å²) in [6, 6.07) is 13.7. The van der Waals surface area contributed by atoms with Gasteiger partial charge in [-0.15, -0.1) is 0 Å². The van der Waals surface area contributed by atoms with Crippen molar-refractivity contribution in [3.05, 3.63) is 58.6 Å². The predicted octanol–water partition coefficient (Wildman–Crippen LogP) is 3.89. The van der Waals surface area contributed by atoms with E-state index < -0.39 is 0 Å². The van der Waals surface area contributed by atoms with E-state index in [2.05, 4.69) is 17.1 Å². The molecule has 1 N–H and O–H groups in total. The minimum atomic E-state index is -0.258. The lowest BCUT2D eigenvalue weighted by atomic mass is 10.1. The molecule has 1 heterocycles. The van der Waals surface area contributed by atoms with Gasteiger partial charge in [0.25, 0.3) is 0 Å². The van der Waals surface area contributed by atoms with Crippen LogP contribution in [-0.4, -0.2) is 42.9 Å². The van der Waals surface area contributed by atoms with Crippen LogP contribution >= 0.6 is 11.6 Å². The third-order valence-corrected chi connectivity index (χ3v) is 5.36. The zero-order valence-electron chi connectivity index (χ0n) is 16.4. The average molecular weight is 400 g/mol. The van der Waals surface area contributed by atoms with Gasteiger partial charge in [0.15, 0.2) is 0 Å². The van der Waals surface area contributed by atoms with Crippen LogP contribution in [0.25, 0.3) is 0 Å². The summed E-state index contributed by atoms with van der Waals surface area (Å²) in [5, 5.41) is 3.63. The van der Waals surface area contributed by atoms with Gasteiger partial charge < -0.3 is 15.1 Å². The van der Waals surface area contributed by atoms with E-state index in [9.17, 15) is 9.59 Å². The molecule has 0 radical (unpaired) electrons. The van der Waals surface area contributed by atoms with E-state index in [4.69, 9.17) is 11.6 Å². The summed E-state index contributed by atoms with van der Waals surface area (Å²) in [7, 11) is 0. The Bertz CT molecular complexity index is 861. The van der Waals surface area contributed by atoms with Crippen LogP contribution in [0.4, 0.5) is 11.4 Å². The van der Waals surface area contributed by atoms with E-state index in [-0.39, 0.29) is 18.2 Å². The molecule has 2 aromatic rings. The Labute approximate surface area is 171 Å². The van der Waals surface area contributed by atoms with E-state index >= 15 is 0 Å². The molecule has 28 heavy (non-hydrogen) atoms. The highest BCUT2D eigenvalue weighted by Gasteiger charge is 2.23. The van der Waals surface area contributed by atoms with Crippen molar-refractivity contribution in [1.82, 2.24) is 4.90 Å². The molecule has 2 amide bonds. The van der Waals surface area contributed by atoms with Crippen molar-refractivity contribution in [1.29, 1.82) is 0 Å². The van der Waals surface area contributed by atoms with Gasteiger partial charge in [-0.3, -0.25) is 9.59 Å². The maximum Gasteiger partial charge on any atom is 0.233 e. The number of aryl methyl sites for hydroxylation is 2. The number of nitrogens with one attached hydrogen (secondary N) is 1. The number of anilines is 2. The molecule has 6 heteroatoms. The molecule has 1 fully saturated rings. The SMILES string of the molecule is CCc1cccc(C)c1NC(=O)CC(=O)N1CCN(c2cccc(Cl)c2)CC1. The first-order valence-electron chi connectivity index (χ1n) is 9.64. The van der Waals surface area contributed by atoms with Crippen molar-refractivity contribution in [3.8, 4) is 0 Å². The molecule has 0 bridgehead atoms. The summed E-state index contributed by atoms with van der Waals surface area (Å²) in [6.07, 6.45) is 0.700. The third kappa shape index (κ3) is 4.84. The van der Waals surface area contributed by atoms with Crippen LogP contribution in [0.1, 0.15) is 24.5 Å². The van der Waals surface area contributed by atoms with E-state index in [0.29, 0.717) is 18.1 Å². The summed E-state index contributed by atoms with van der Waals surface area (Å²) >= 11 is 6.06. The molecule has 0 aromatic heterocycles. The Balaban J connectivity index is 1.54. The minimum Gasteiger partial charge on any atom is -0.368 e. The number of para-hydroxylation sites is 1. The fraction of sp³-hybridized carbons (Fsp3) is 0.364. The van der Waals surface area contributed by atoms with Crippen LogP contribution in [0, 0.1) is 6.92 Å². The van der Waals surface area contributed by atoms with E-state index in [1.165, 1.54) is 0 Å². The maximum atomic E-state index is 12.6. The maximum absolute atomic E-state index is 12.6. The fourth-order valence-corrected chi connectivity index (χ4v) is 3.71. The van der Waals surface area contributed by atoms with Crippen molar-refractivity contribution in [2.24, 2.45) is 0 Å². The van der Waals surface area contributed by atoms with Gasteiger partial charge in [0.2, 0.25) is 11.8 Å². The first kappa shape index (κ1) is 20.2. The number of nitrogens with zero attached hydrogens (tertiary/aromatic N) is 2. The Kier molecular flexibility index (Phi) is 6.57. The molecular weight excluding hydrogens is 374 g/mol. The topological polar surface area (TPSA) is 52.7 Å². The molecule has 0 atom stereocenters. The number of benzene rings is 2. The molecule has 5 nitrogen and oxygen atoms in total. The molecule has 3 rings (SSSR count). The monoisotopic (exact) mass is 399 g/mol. The van der Waals surface area contributed by atoms with E-state index in [1.54, 1.807) is 4.90 Å². The molecule has 148 valence electrons. The van der Waals surface area contributed by atoms with Gasteiger partial charge in [-0.2, -0.15) is 0 Å². The second-order valence-electron chi connectivity index (χ2n) is 7.04.